The number of rotatable bonds is 0. The molecule has 8 aromatic rings. The molecule has 0 N–H and O–H groups in total. The van der Waals surface area contributed by atoms with E-state index in [1.807, 2.05) is 11.8 Å². The molecule has 2 nitrogen and oxygen atoms in total. The van der Waals surface area contributed by atoms with Gasteiger partial charge in [0.25, 0.3) is 6.71 Å². The van der Waals surface area contributed by atoms with Crippen LogP contribution in [-0.2, 0) is 21.7 Å². The largest absolute Gasteiger partial charge is 0.311 e. The molecule has 280 valence electrons. The van der Waals surface area contributed by atoms with Gasteiger partial charge in [0.2, 0.25) is 6.71 Å². The van der Waals surface area contributed by atoms with Gasteiger partial charge in [-0.2, -0.15) is 0 Å². The van der Waals surface area contributed by atoms with E-state index >= 15 is 0 Å². The minimum Gasteiger partial charge on any atom is -0.311 e. The minimum atomic E-state index is -0.0155. The van der Waals surface area contributed by atoms with Crippen LogP contribution in [0.2, 0.25) is 0 Å². The molecule has 0 radical (unpaired) electrons. The standard InChI is InChI=1S/C52H50B2N2S/c1-49(2,3)27-17-18-39-31(19-27)32-20-28(50(4,5)6)23-36-45(32)55(39)40-26-42-44-48-43(40)54(36)38-25-30(52(10,11)12)22-34-33-21-29(51(7,8)9)24-37(46(33)56(48)47(34)38)53(44)35-15-13-14-16-41(35)57-42/h13-26H,1-12H3. The summed E-state index contributed by atoms with van der Waals surface area (Å²) in [4.78, 5) is 2.78. The zero-order chi connectivity index (χ0) is 39.6. The maximum absolute atomic E-state index is 2.77. The molecule has 2 aromatic heterocycles. The summed E-state index contributed by atoms with van der Waals surface area (Å²) < 4.78 is 5.46. The van der Waals surface area contributed by atoms with Gasteiger partial charge in [0.15, 0.2) is 0 Å². The number of nitrogens with zero attached hydrogens (tertiary/aromatic N) is 2. The highest BCUT2D eigenvalue weighted by Crippen LogP contribution is 2.46. The van der Waals surface area contributed by atoms with Crippen LogP contribution in [0.15, 0.2) is 94.7 Å². The Kier molecular flexibility index (Phi) is 6.24. The third-order valence-corrected chi connectivity index (χ3v) is 15.3. The van der Waals surface area contributed by atoms with E-state index in [2.05, 4.69) is 177 Å². The van der Waals surface area contributed by atoms with Gasteiger partial charge >= 0.3 is 0 Å². The van der Waals surface area contributed by atoms with Crippen molar-refractivity contribution in [3.63, 3.8) is 0 Å². The molecule has 6 heterocycles. The quantitative estimate of drug-likeness (QED) is 0.140. The first kappa shape index (κ1) is 34.4. The van der Waals surface area contributed by atoms with Gasteiger partial charge in [-0.05, 0) is 114 Å². The van der Waals surface area contributed by atoms with Crippen LogP contribution < -0.4 is 32.8 Å². The first-order valence-corrected chi connectivity index (χ1v) is 21.9. The summed E-state index contributed by atoms with van der Waals surface area (Å²) >= 11 is 1.99. The SMILES string of the molecule is CC(C)(C)c1ccc2c(c1)c1cc(C(C)(C)C)cc3c1n2-c1cc2c4c5c1B3c1cc(C(C)(C)C)cc3c6cc(C(C)(C)C)cc(c6n-5c13)B4c1ccccc1S2. The summed E-state index contributed by atoms with van der Waals surface area (Å²) in [5, 5.41) is 5.58. The molecule has 5 heteroatoms. The minimum absolute atomic E-state index is 0.00667. The number of hydrogen-bond acceptors (Lipinski definition) is 1. The van der Waals surface area contributed by atoms with Crippen molar-refractivity contribution in [2.45, 2.75) is 115 Å². The number of fused-ring (bicyclic) bond motifs is 10. The monoisotopic (exact) mass is 756 g/mol. The molecular weight excluding hydrogens is 706 g/mol. The van der Waals surface area contributed by atoms with Crippen LogP contribution in [0, 0.1) is 0 Å². The van der Waals surface area contributed by atoms with Crippen molar-refractivity contribution >= 4 is 102 Å². The average Bonchev–Trinajstić information content (AvgIpc) is 3.65. The predicted molar refractivity (Wildman–Crippen MR) is 250 cm³/mol. The second-order valence-electron chi connectivity index (χ2n) is 21.9. The van der Waals surface area contributed by atoms with E-state index in [0.717, 1.165) is 0 Å². The van der Waals surface area contributed by atoms with Crippen molar-refractivity contribution < 1.29 is 0 Å². The first-order valence-electron chi connectivity index (χ1n) is 21.1. The fourth-order valence-corrected chi connectivity index (χ4v) is 12.2. The molecule has 12 rings (SSSR count). The van der Waals surface area contributed by atoms with Crippen molar-refractivity contribution in [1.82, 2.24) is 9.13 Å². The van der Waals surface area contributed by atoms with E-state index in [1.165, 1.54) is 120 Å². The summed E-state index contributed by atoms with van der Waals surface area (Å²) in [6, 6.07) is 34.7. The van der Waals surface area contributed by atoms with Crippen LogP contribution in [0.25, 0.3) is 55.0 Å². The lowest BCUT2D eigenvalue weighted by Gasteiger charge is -2.41. The van der Waals surface area contributed by atoms with Gasteiger partial charge in [-0.1, -0.05) is 143 Å². The second kappa shape index (κ2) is 10.3. The highest BCUT2D eigenvalue weighted by molar-refractivity contribution is 8.00. The smallest absolute Gasteiger partial charge is 0.252 e. The number of benzene rings is 6. The van der Waals surface area contributed by atoms with E-state index < -0.39 is 0 Å². The Labute approximate surface area is 342 Å². The first-order chi connectivity index (χ1) is 26.8. The summed E-state index contributed by atoms with van der Waals surface area (Å²) in [6.07, 6.45) is 0. The Hall–Kier alpha value is -4.60. The molecule has 0 bridgehead atoms. The molecule has 0 unspecified atom stereocenters. The normalized spacial score (nSPS) is 15.2. The van der Waals surface area contributed by atoms with E-state index in [4.69, 9.17) is 0 Å². The third-order valence-electron chi connectivity index (χ3n) is 14.1. The van der Waals surface area contributed by atoms with E-state index in [9.17, 15) is 0 Å². The Morgan fingerprint density at radius 3 is 1.44 bits per heavy atom. The fraction of sp³-hybridized carbons (Fsp3) is 0.308. The zero-order valence-electron chi connectivity index (χ0n) is 35.5. The van der Waals surface area contributed by atoms with Gasteiger partial charge < -0.3 is 9.13 Å². The highest BCUT2D eigenvalue weighted by atomic mass is 32.2. The molecule has 0 saturated carbocycles. The lowest BCUT2D eigenvalue weighted by atomic mass is 9.30. The van der Waals surface area contributed by atoms with Gasteiger partial charge in [-0.15, -0.1) is 0 Å². The average molecular weight is 757 g/mol. The van der Waals surface area contributed by atoms with Crippen LogP contribution >= 0.6 is 11.8 Å². The second-order valence-corrected chi connectivity index (χ2v) is 22.9. The van der Waals surface area contributed by atoms with E-state index in [-0.39, 0.29) is 35.1 Å². The van der Waals surface area contributed by atoms with Crippen molar-refractivity contribution in [2.75, 3.05) is 0 Å². The molecule has 4 aliphatic rings. The predicted octanol–water partition coefficient (Wildman–Crippen LogP) is 9.51. The Morgan fingerprint density at radius 1 is 0.421 bits per heavy atom. The van der Waals surface area contributed by atoms with Crippen LogP contribution in [0.1, 0.15) is 105 Å². The fourth-order valence-electron chi connectivity index (χ4n) is 11.0. The van der Waals surface area contributed by atoms with E-state index in [1.54, 1.807) is 0 Å². The van der Waals surface area contributed by atoms with Crippen LogP contribution in [-0.4, -0.2) is 22.6 Å². The molecule has 0 atom stereocenters. The lowest BCUT2D eigenvalue weighted by molar-refractivity contribution is 0.590. The molecule has 6 aromatic carbocycles. The van der Waals surface area contributed by atoms with Gasteiger partial charge in [-0.3, -0.25) is 0 Å². The van der Waals surface area contributed by atoms with Crippen molar-refractivity contribution in [3.8, 4) is 11.4 Å². The Morgan fingerprint density at radius 2 is 0.895 bits per heavy atom. The Bertz CT molecular complexity index is 3200. The number of hydrogen-bond donors (Lipinski definition) is 0. The maximum atomic E-state index is 2.77. The zero-order valence-corrected chi connectivity index (χ0v) is 36.4. The van der Waals surface area contributed by atoms with Gasteiger partial charge in [0, 0.05) is 59.3 Å². The van der Waals surface area contributed by atoms with Gasteiger partial charge in [-0.25, -0.2) is 0 Å². The molecule has 4 aliphatic heterocycles. The maximum Gasteiger partial charge on any atom is 0.252 e. The van der Waals surface area contributed by atoms with Crippen molar-refractivity contribution in [2.24, 2.45) is 0 Å². The molecular formula is C52H50B2N2S. The molecule has 0 amide bonds. The molecule has 0 spiro atoms. The lowest BCUT2D eigenvalue weighted by Crippen LogP contribution is -2.66. The number of aromatic nitrogens is 2. The molecule has 0 saturated heterocycles. The topological polar surface area (TPSA) is 9.86 Å². The Balaban J connectivity index is 1.35. The van der Waals surface area contributed by atoms with Crippen LogP contribution in [0.4, 0.5) is 0 Å². The third kappa shape index (κ3) is 4.27. The van der Waals surface area contributed by atoms with Crippen molar-refractivity contribution in [3.05, 3.63) is 107 Å². The van der Waals surface area contributed by atoms with Crippen LogP contribution in [0.3, 0.4) is 0 Å². The molecule has 0 fully saturated rings. The van der Waals surface area contributed by atoms with Gasteiger partial charge in [0.05, 0.1) is 5.52 Å². The van der Waals surface area contributed by atoms with Crippen LogP contribution in [0.5, 0.6) is 0 Å². The van der Waals surface area contributed by atoms with Gasteiger partial charge in [0.1, 0.15) is 0 Å². The summed E-state index contributed by atoms with van der Waals surface area (Å²) in [6.45, 7) is 28.8. The van der Waals surface area contributed by atoms with Crippen molar-refractivity contribution in [1.29, 1.82) is 0 Å². The summed E-state index contributed by atoms with van der Waals surface area (Å²) in [5.41, 5.74) is 22.8. The molecule has 57 heavy (non-hydrogen) atoms. The molecule has 0 aliphatic carbocycles. The summed E-state index contributed by atoms with van der Waals surface area (Å²) in [5.74, 6) is 0. The van der Waals surface area contributed by atoms with E-state index in [0.29, 0.717) is 0 Å². The summed E-state index contributed by atoms with van der Waals surface area (Å²) in [7, 11) is 0. The highest BCUT2D eigenvalue weighted by Gasteiger charge is 2.49.